The summed E-state index contributed by atoms with van der Waals surface area (Å²) in [7, 11) is 1.66. The third kappa shape index (κ3) is 9.59. The SMILES string of the molecule is CCCSCC(C)=O.COc1ccccc1. The van der Waals surface area contributed by atoms with Crippen LogP contribution < -0.4 is 4.74 Å². The molecule has 0 bridgehead atoms. The van der Waals surface area contributed by atoms with E-state index in [1.165, 1.54) is 0 Å². The Morgan fingerprint density at radius 3 is 2.31 bits per heavy atom. The van der Waals surface area contributed by atoms with Crippen molar-refractivity contribution in [3.8, 4) is 5.75 Å². The normalized spacial score (nSPS) is 8.94. The van der Waals surface area contributed by atoms with Gasteiger partial charge in [0, 0.05) is 0 Å². The summed E-state index contributed by atoms with van der Waals surface area (Å²) in [5.74, 6) is 2.99. The highest BCUT2D eigenvalue weighted by molar-refractivity contribution is 7.99. The molecule has 0 fully saturated rings. The first-order chi connectivity index (χ1) is 7.70. The number of carbonyl (C=O) groups excluding carboxylic acids is 1. The topological polar surface area (TPSA) is 26.3 Å². The van der Waals surface area contributed by atoms with Crippen LogP contribution in [0.1, 0.15) is 20.3 Å². The molecule has 1 rings (SSSR count). The van der Waals surface area contributed by atoms with Crippen molar-refractivity contribution in [1.29, 1.82) is 0 Å². The molecule has 0 amide bonds. The smallest absolute Gasteiger partial charge is 0.139 e. The fourth-order valence-corrected chi connectivity index (χ4v) is 1.64. The number of benzene rings is 1. The Morgan fingerprint density at radius 2 is 1.94 bits per heavy atom. The van der Waals surface area contributed by atoms with Crippen molar-refractivity contribution in [1.82, 2.24) is 0 Å². The van der Waals surface area contributed by atoms with Crippen molar-refractivity contribution in [3.63, 3.8) is 0 Å². The van der Waals surface area contributed by atoms with E-state index in [0.29, 0.717) is 5.75 Å². The van der Waals surface area contributed by atoms with E-state index < -0.39 is 0 Å². The number of Topliss-reactive ketones (excluding diaryl/α,β-unsaturated/α-hetero) is 1. The first-order valence-electron chi connectivity index (χ1n) is 5.37. The second kappa shape index (κ2) is 10.6. The van der Waals surface area contributed by atoms with E-state index >= 15 is 0 Å². The fraction of sp³-hybridized carbons (Fsp3) is 0.462. The Labute approximate surface area is 102 Å². The zero-order valence-corrected chi connectivity index (χ0v) is 11.0. The van der Waals surface area contributed by atoms with Crippen LogP contribution in [0.15, 0.2) is 30.3 Å². The minimum atomic E-state index is 0.281. The highest BCUT2D eigenvalue weighted by atomic mass is 32.2. The van der Waals surface area contributed by atoms with Gasteiger partial charge in [-0.1, -0.05) is 25.1 Å². The van der Waals surface area contributed by atoms with Gasteiger partial charge in [-0.05, 0) is 31.2 Å². The maximum atomic E-state index is 10.3. The van der Waals surface area contributed by atoms with Crippen LogP contribution in [-0.4, -0.2) is 24.4 Å². The van der Waals surface area contributed by atoms with Crippen LogP contribution in [0.3, 0.4) is 0 Å². The molecular weight excluding hydrogens is 220 g/mol. The maximum Gasteiger partial charge on any atom is 0.139 e. The van der Waals surface area contributed by atoms with E-state index in [1.54, 1.807) is 25.8 Å². The molecule has 0 unspecified atom stereocenters. The second-order valence-corrected chi connectivity index (χ2v) is 4.38. The number of carbonyl (C=O) groups is 1. The lowest BCUT2D eigenvalue weighted by molar-refractivity contribution is -0.114. The van der Waals surface area contributed by atoms with Crippen LogP contribution in [0.25, 0.3) is 0 Å². The van der Waals surface area contributed by atoms with Crippen molar-refractivity contribution < 1.29 is 9.53 Å². The molecule has 16 heavy (non-hydrogen) atoms. The summed E-state index contributed by atoms with van der Waals surface area (Å²) in [6, 6.07) is 9.68. The molecule has 0 aliphatic carbocycles. The van der Waals surface area contributed by atoms with E-state index in [4.69, 9.17) is 4.74 Å². The van der Waals surface area contributed by atoms with Crippen molar-refractivity contribution >= 4 is 17.5 Å². The molecule has 1 aromatic carbocycles. The molecule has 0 heterocycles. The van der Waals surface area contributed by atoms with Crippen LogP contribution in [0, 0.1) is 0 Å². The molecule has 0 aliphatic rings. The van der Waals surface area contributed by atoms with Gasteiger partial charge in [-0.3, -0.25) is 4.79 Å². The predicted octanol–water partition coefficient (Wildman–Crippen LogP) is 3.41. The van der Waals surface area contributed by atoms with Gasteiger partial charge >= 0.3 is 0 Å². The van der Waals surface area contributed by atoms with Crippen LogP contribution in [0.2, 0.25) is 0 Å². The lowest BCUT2D eigenvalue weighted by Crippen LogP contribution is -1.93. The summed E-state index contributed by atoms with van der Waals surface area (Å²) in [6.07, 6.45) is 1.16. The van der Waals surface area contributed by atoms with Gasteiger partial charge in [0.05, 0.1) is 12.9 Å². The molecule has 0 spiro atoms. The van der Waals surface area contributed by atoms with Gasteiger partial charge in [0.1, 0.15) is 11.5 Å². The highest BCUT2D eigenvalue weighted by Gasteiger charge is 1.89. The van der Waals surface area contributed by atoms with E-state index in [-0.39, 0.29) is 5.78 Å². The standard InChI is InChI=1S/C7H8O.C6H12OS/c1-8-7-5-3-2-4-6-7;1-3-4-8-5-6(2)7/h2-6H,1H3;3-5H2,1-2H3. The molecule has 0 saturated carbocycles. The van der Waals surface area contributed by atoms with Crippen molar-refractivity contribution in [2.75, 3.05) is 18.6 Å². The summed E-state index contributed by atoms with van der Waals surface area (Å²) in [4.78, 5) is 10.3. The zero-order valence-electron chi connectivity index (χ0n) is 10.2. The summed E-state index contributed by atoms with van der Waals surface area (Å²) in [5, 5.41) is 0. The minimum absolute atomic E-state index is 0.281. The van der Waals surface area contributed by atoms with Crippen molar-refractivity contribution in [2.45, 2.75) is 20.3 Å². The molecule has 0 N–H and O–H groups in total. The molecule has 0 radical (unpaired) electrons. The molecule has 2 nitrogen and oxygen atoms in total. The van der Waals surface area contributed by atoms with Gasteiger partial charge in [-0.25, -0.2) is 0 Å². The zero-order chi connectivity index (χ0) is 12.2. The highest BCUT2D eigenvalue weighted by Crippen LogP contribution is 2.05. The van der Waals surface area contributed by atoms with E-state index in [2.05, 4.69) is 6.92 Å². The number of hydrogen-bond donors (Lipinski definition) is 0. The van der Waals surface area contributed by atoms with Gasteiger partial charge in [-0.15, -0.1) is 0 Å². The number of hydrogen-bond acceptors (Lipinski definition) is 3. The lowest BCUT2D eigenvalue weighted by Gasteiger charge is -1.93. The van der Waals surface area contributed by atoms with Gasteiger partial charge in [0.25, 0.3) is 0 Å². The molecule has 0 aromatic heterocycles. The second-order valence-electron chi connectivity index (χ2n) is 3.27. The van der Waals surface area contributed by atoms with Crippen LogP contribution in [0.4, 0.5) is 0 Å². The number of ether oxygens (including phenoxy) is 1. The summed E-state index contributed by atoms with van der Waals surface area (Å²) < 4.78 is 4.91. The maximum absolute atomic E-state index is 10.3. The number of para-hydroxylation sites is 1. The first kappa shape index (κ1) is 15.0. The third-order valence-corrected chi connectivity index (χ3v) is 2.94. The Bertz CT molecular complexity index is 273. The molecule has 90 valence electrons. The van der Waals surface area contributed by atoms with Crippen LogP contribution in [0.5, 0.6) is 5.75 Å². The Morgan fingerprint density at radius 1 is 1.31 bits per heavy atom. The number of ketones is 1. The summed E-state index contributed by atoms with van der Waals surface area (Å²) in [6.45, 7) is 3.75. The summed E-state index contributed by atoms with van der Waals surface area (Å²) >= 11 is 1.71. The molecule has 1 aromatic rings. The van der Waals surface area contributed by atoms with Gasteiger partial charge in [0.15, 0.2) is 0 Å². The fourth-order valence-electron chi connectivity index (χ4n) is 0.917. The number of rotatable bonds is 5. The van der Waals surface area contributed by atoms with Gasteiger partial charge < -0.3 is 4.74 Å². The average Bonchev–Trinajstić information content (AvgIpc) is 2.31. The summed E-state index contributed by atoms with van der Waals surface area (Å²) in [5.41, 5.74) is 0. The van der Waals surface area contributed by atoms with Crippen molar-refractivity contribution in [3.05, 3.63) is 30.3 Å². The monoisotopic (exact) mass is 240 g/mol. The molecule has 0 saturated heterocycles. The van der Waals surface area contributed by atoms with E-state index in [1.807, 2.05) is 30.3 Å². The van der Waals surface area contributed by atoms with E-state index in [9.17, 15) is 4.79 Å². The largest absolute Gasteiger partial charge is 0.497 e. The predicted molar refractivity (Wildman–Crippen MR) is 71.3 cm³/mol. The Balaban J connectivity index is 0.000000281. The molecular formula is C13H20O2S. The molecule has 0 aliphatic heterocycles. The Hall–Kier alpha value is -0.960. The first-order valence-corrected chi connectivity index (χ1v) is 6.52. The average molecular weight is 240 g/mol. The lowest BCUT2D eigenvalue weighted by atomic mass is 10.3. The Kier molecular flexibility index (Phi) is 9.92. The van der Waals surface area contributed by atoms with Crippen LogP contribution >= 0.6 is 11.8 Å². The number of methoxy groups -OCH3 is 1. The minimum Gasteiger partial charge on any atom is -0.497 e. The molecule has 0 atom stereocenters. The van der Waals surface area contributed by atoms with Crippen LogP contribution in [-0.2, 0) is 4.79 Å². The number of thioether (sulfide) groups is 1. The quantitative estimate of drug-likeness (QED) is 0.738. The molecule has 3 heteroatoms. The van der Waals surface area contributed by atoms with E-state index in [0.717, 1.165) is 17.9 Å². The van der Waals surface area contributed by atoms with Gasteiger partial charge in [-0.2, -0.15) is 11.8 Å². The van der Waals surface area contributed by atoms with Crippen molar-refractivity contribution in [2.24, 2.45) is 0 Å². The van der Waals surface area contributed by atoms with Gasteiger partial charge in [0.2, 0.25) is 0 Å². The third-order valence-electron chi connectivity index (χ3n) is 1.63.